The molecule has 1 aromatic heterocycles. The average Bonchev–Trinajstić information content (AvgIpc) is 3.75. The largest absolute Gasteiger partial charge is 0.345 e. The molecule has 2 aliphatic rings. The van der Waals surface area contributed by atoms with E-state index in [0.29, 0.717) is 0 Å². The molecule has 46 heavy (non-hydrogen) atoms. The SMILES string of the molecule is CCC[N+](CCCNc1cc(C=CC=C2Sc3c(ccc4ccccc34)N2C)c2ccccc2[n+]1-c1ccccc1)=C1NCCN1. The maximum atomic E-state index is 3.82. The van der Waals surface area contributed by atoms with Crippen molar-refractivity contribution in [3.05, 3.63) is 120 Å². The number of pyridine rings is 1. The van der Waals surface area contributed by atoms with E-state index in [9.17, 15) is 0 Å². The van der Waals surface area contributed by atoms with Gasteiger partial charge in [0.1, 0.15) is 11.2 Å². The Labute approximate surface area is 276 Å². The molecule has 1 saturated heterocycles. The number of fused-ring (bicyclic) bond motifs is 4. The van der Waals surface area contributed by atoms with E-state index in [1.165, 1.54) is 48.8 Å². The zero-order valence-electron chi connectivity index (χ0n) is 26.7. The number of anilines is 2. The predicted molar refractivity (Wildman–Crippen MR) is 195 cm³/mol. The van der Waals surface area contributed by atoms with Crippen LogP contribution in [0, 0.1) is 0 Å². The number of thioether (sulfide) groups is 1. The van der Waals surface area contributed by atoms with Crippen molar-refractivity contribution in [2.45, 2.75) is 24.7 Å². The van der Waals surface area contributed by atoms with Crippen molar-refractivity contribution in [1.29, 1.82) is 0 Å². The van der Waals surface area contributed by atoms with Crippen LogP contribution in [0.25, 0.3) is 33.4 Å². The lowest BCUT2D eigenvalue weighted by molar-refractivity contribution is -0.552. The number of aromatic nitrogens is 1. The summed E-state index contributed by atoms with van der Waals surface area (Å²) in [5, 5.41) is 15.9. The topological polar surface area (TPSA) is 46.2 Å². The molecule has 5 aromatic rings. The van der Waals surface area contributed by atoms with Crippen LogP contribution in [0.5, 0.6) is 0 Å². The van der Waals surface area contributed by atoms with Gasteiger partial charge in [-0.3, -0.25) is 20.5 Å². The van der Waals surface area contributed by atoms with E-state index in [2.05, 4.69) is 159 Å². The molecule has 2 aliphatic heterocycles. The predicted octanol–water partition coefficient (Wildman–Crippen LogP) is 7.14. The van der Waals surface area contributed by atoms with Gasteiger partial charge in [-0.1, -0.05) is 97.6 Å². The maximum Gasteiger partial charge on any atom is 0.345 e. The third-order valence-electron chi connectivity index (χ3n) is 8.71. The Kier molecular flexibility index (Phi) is 8.92. The Bertz CT molecular complexity index is 1950. The van der Waals surface area contributed by atoms with E-state index >= 15 is 0 Å². The van der Waals surface area contributed by atoms with Gasteiger partial charge in [0.2, 0.25) is 0 Å². The van der Waals surface area contributed by atoms with E-state index in [1.54, 1.807) is 0 Å². The Hall–Kier alpha value is -4.75. The molecule has 0 atom stereocenters. The number of guanidine groups is 1. The summed E-state index contributed by atoms with van der Waals surface area (Å²) in [7, 11) is 2.16. The van der Waals surface area contributed by atoms with E-state index in [0.717, 1.165) is 57.1 Å². The first-order valence-corrected chi connectivity index (χ1v) is 17.2. The van der Waals surface area contributed by atoms with Gasteiger partial charge in [-0.2, -0.15) is 4.57 Å². The molecule has 1 fully saturated rings. The lowest BCUT2D eigenvalue weighted by atomic mass is 10.1. The highest BCUT2D eigenvalue weighted by molar-refractivity contribution is 8.04. The van der Waals surface area contributed by atoms with Crippen molar-refractivity contribution in [2.24, 2.45) is 0 Å². The summed E-state index contributed by atoms with van der Waals surface area (Å²) in [5.74, 6) is 2.27. The number of nitrogens with zero attached hydrogens (tertiary/aromatic N) is 3. The second-order valence-electron chi connectivity index (χ2n) is 11.8. The van der Waals surface area contributed by atoms with E-state index < -0.39 is 0 Å². The number of nitrogens with one attached hydrogen (secondary N) is 3. The molecule has 0 bridgehead atoms. The number of allylic oxidation sites excluding steroid dienone is 2. The van der Waals surface area contributed by atoms with Crippen LogP contribution in [0.1, 0.15) is 25.3 Å². The smallest absolute Gasteiger partial charge is 0.338 e. The third kappa shape index (κ3) is 6.07. The summed E-state index contributed by atoms with van der Waals surface area (Å²) in [5.41, 5.74) is 4.78. The van der Waals surface area contributed by atoms with Crippen molar-refractivity contribution in [1.82, 2.24) is 10.6 Å². The normalized spacial score (nSPS) is 15.1. The van der Waals surface area contributed by atoms with Gasteiger partial charge in [0, 0.05) is 29.8 Å². The van der Waals surface area contributed by atoms with Crippen molar-refractivity contribution in [3.8, 4) is 5.69 Å². The lowest BCUT2D eigenvalue weighted by Gasteiger charge is -2.14. The van der Waals surface area contributed by atoms with Crippen LogP contribution in [0.15, 0.2) is 119 Å². The number of para-hydroxylation sites is 2. The second kappa shape index (κ2) is 13.7. The molecule has 232 valence electrons. The Morgan fingerprint density at radius 2 is 1.65 bits per heavy atom. The highest BCUT2D eigenvalue weighted by Crippen LogP contribution is 2.48. The number of benzene rings is 4. The van der Waals surface area contributed by atoms with Gasteiger partial charge < -0.3 is 4.90 Å². The van der Waals surface area contributed by atoms with E-state index in [-0.39, 0.29) is 0 Å². The third-order valence-corrected chi connectivity index (χ3v) is 9.96. The van der Waals surface area contributed by atoms with Crippen LogP contribution in [-0.4, -0.2) is 50.3 Å². The Morgan fingerprint density at radius 1 is 0.891 bits per heavy atom. The van der Waals surface area contributed by atoms with Gasteiger partial charge in [0.15, 0.2) is 0 Å². The quantitative estimate of drug-likeness (QED) is 0.114. The van der Waals surface area contributed by atoms with Gasteiger partial charge in [-0.15, -0.1) is 0 Å². The standard InChI is InChI=1S/C39H40N6S/c1-3-26-44(39-41-24-25-42-39)27-12-23-40-36-28-30(32-17-9-10-19-34(32)45(36)31-15-5-4-6-16-31)14-11-20-37-43(2)35-22-21-29-13-7-8-18-33(29)38(35)46-37/h4-11,13-22,28H,3,12,23-27H2,1-2H3,(H,41,42)/p+2. The molecule has 0 unspecified atom stereocenters. The summed E-state index contributed by atoms with van der Waals surface area (Å²) in [4.78, 5) is 3.63. The maximum absolute atomic E-state index is 3.82. The fourth-order valence-electron chi connectivity index (χ4n) is 6.47. The molecular weight excluding hydrogens is 585 g/mol. The summed E-state index contributed by atoms with van der Waals surface area (Å²) in [6.45, 7) is 7.15. The van der Waals surface area contributed by atoms with E-state index in [1.807, 2.05) is 11.8 Å². The van der Waals surface area contributed by atoms with Crippen LogP contribution in [0.3, 0.4) is 0 Å². The van der Waals surface area contributed by atoms with Crippen LogP contribution < -0.4 is 25.4 Å². The summed E-state index contributed by atoms with van der Waals surface area (Å²) in [6, 6.07) is 34.8. The van der Waals surface area contributed by atoms with Crippen LogP contribution in [-0.2, 0) is 0 Å². The van der Waals surface area contributed by atoms with E-state index in [4.69, 9.17) is 0 Å². The Morgan fingerprint density at radius 3 is 2.48 bits per heavy atom. The average molecular weight is 627 g/mol. The minimum Gasteiger partial charge on any atom is -0.338 e. The first-order valence-electron chi connectivity index (χ1n) is 16.4. The Balaban J connectivity index is 1.19. The first-order chi connectivity index (χ1) is 22.7. The van der Waals surface area contributed by atoms with Crippen molar-refractivity contribution >= 4 is 57.0 Å². The first kappa shape index (κ1) is 29.9. The van der Waals surface area contributed by atoms with Gasteiger partial charge in [0.05, 0.1) is 43.4 Å². The minimum atomic E-state index is 0.875. The zero-order valence-corrected chi connectivity index (χ0v) is 27.5. The molecule has 0 saturated carbocycles. The van der Waals surface area contributed by atoms with Gasteiger partial charge in [0.25, 0.3) is 5.82 Å². The number of hydrogen-bond acceptors (Lipinski definition) is 3. The number of rotatable bonds is 10. The molecule has 0 amide bonds. The molecule has 4 aromatic carbocycles. The monoisotopic (exact) mass is 626 g/mol. The summed E-state index contributed by atoms with van der Waals surface area (Å²) >= 11 is 1.85. The van der Waals surface area contributed by atoms with Crippen molar-refractivity contribution in [3.63, 3.8) is 0 Å². The van der Waals surface area contributed by atoms with Crippen LogP contribution in [0.2, 0.25) is 0 Å². The van der Waals surface area contributed by atoms with Crippen LogP contribution >= 0.6 is 11.8 Å². The molecule has 3 N–H and O–H groups in total. The fourth-order valence-corrected chi connectivity index (χ4v) is 7.67. The molecule has 6 nitrogen and oxygen atoms in total. The van der Waals surface area contributed by atoms with Crippen molar-refractivity contribution in [2.75, 3.05) is 50.0 Å². The van der Waals surface area contributed by atoms with Crippen molar-refractivity contribution < 1.29 is 9.14 Å². The van der Waals surface area contributed by atoms with Crippen LogP contribution in [0.4, 0.5) is 11.5 Å². The summed E-state index contributed by atoms with van der Waals surface area (Å²) in [6.07, 6.45) is 8.85. The molecule has 0 radical (unpaired) electrons. The molecule has 0 spiro atoms. The summed E-state index contributed by atoms with van der Waals surface area (Å²) < 4.78 is 4.80. The molecule has 0 aliphatic carbocycles. The van der Waals surface area contributed by atoms with Gasteiger partial charge in [-0.25, -0.2) is 0 Å². The van der Waals surface area contributed by atoms with Gasteiger partial charge in [-0.05, 0) is 53.1 Å². The molecule has 3 heterocycles. The molecule has 7 heteroatoms. The minimum absolute atomic E-state index is 0.875. The van der Waals surface area contributed by atoms with Gasteiger partial charge >= 0.3 is 5.96 Å². The fraction of sp³-hybridized carbons (Fsp3) is 0.231. The lowest BCUT2D eigenvalue weighted by Crippen LogP contribution is -2.38. The highest BCUT2D eigenvalue weighted by atomic mass is 32.2. The number of hydrogen-bond donors (Lipinski definition) is 3. The zero-order chi connectivity index (χ0) is 31.3. The molecular formula is C39H42N6S+2. The highest BCUT2D eigenvalue weighted by Gasteiger charge is 2.24. The molecule has 7 rings (SSSR count). The second-order valence-corrected chi connectivity index (χ2v) is 12.8.